The summed E-state index contributed by atoms with van der Waals surface area (Å²) in [6.07, 6.45) is 5.59. The number of unbranched alkanes of at least 4 members (excludes halogenated alkanes) is 2. The number of aliphatic hydroxyl groups excluding tert-OH is 2. The van der Waals surface area contributed by atoms with Crippen LogP contribution in [0.4, 0.5) is 25.4 Å². The summed E-state index contributed by atoms with van der Waals surface area (Å²) in [5, 5.41) is 50.7. The van der Waals surface area contributed by atoms with Gasteiger partial charge in [-0.25, -0.2) is 14.0 Å². The molecule has 75 heavy (non-hydrogen) atoms. The van der Waals surface area contributed by atoms with E-state index in [1.165, 1.54) is 65.6 Å². The highest BCUT2D eigenvalue weighted by atomic mass is 19.1. The molecule has 18 nitrogen and oxygen atoms in total. The Labute approximate surface area is 432 Å². The number of aliphatic hydroxyl groups is 2. The van der Waals surface area contributed by atoms with E-state index in [1.807, 2.05) is 30.3 Å². The second-order valence-corrected chi connectivity index (χ2v) is 18.6. The van der Waals surface area contributed by atoms with Crippen LogP contribution in [0.5, 0.6) is 17.2 Å². The number of benzene rings is 5. The number of oxime groups is 1. The fourth-order valence-electron chi connectivity index (χ4n) is 10.4. The summed E-state index contributed by atoms with van der Waals surface area (Å²) < 4.78 is 40.9. The van der Waals surface area contributed by atoms with Gasteiger partial charge in [0.05, 0.1) is 28.1 Å². The first-order chi connectivity index (χ1) is 36.4. The van der Waals surface area contributed by atoms with Crippen LogP contribution < -0.4 is 19.5 Å². The standard InChI is InChI=1S/C56H58FN5O13/c1-2-30-71-56-51(60(35-38-14-18-41(57)19-15-38)55(66)74-44-24-22-43(23-25-44)62(69)70)33-49(59-72-36-39-16-20-42(21-17-39)61(67)68)47-31-40(12-6-8-28-63)46(13-7-9-29-64)52(53(47)56)48-32-45(26-27-50(48)75-56)73-54(65)58-34-37-10-4-3-5-11-37/h2-5,10-11,14-27,31-32,40,46,51-53,63-64H,1,6-9,12-13,28-30,33-36H2,(H,58,65)/t40-,46+,51-,52+,53+,56+/m0/s1. The molecule has 0 saturated heterocycles. The van der Waals surface area contributed by atoms with Crippen LogP contribution in [0.25, 0.3) is 0 Å². The summed E-state index contributed by atoms with van der Waals surface area (Å²) in [5.74, 6) is -3.43. The van der Waals surface area contributed by atoms with E-state index in [1.54, 1.807) is 36.4 Å². The molecule has 0 aromatic heterocycles. The van der Waals surface area contributed by atoms with Crippen LogP contribution >= 0.6 is 0 Å². The molecule has 0 bridgehead atoms. The minimum Gasteiger partial charge on any atom is -0.459 e. The summed E-state index contributed by atoms with van der Waals surface area (Å²) in [6, 6.07) is 29.8. The molecule has 2 aliphatic carbocycles. The molecule has 19 heteroatoms. The van der Waals surface area contributed by atoms with Crippen molar-refractivity contribution in [2.24, 2.45) is 22.9 Å². The van der Waals surface area contributed by atoms with Crippen molar-refractivity contribution in [3.05, 3.63) is 194 Å². The quantitative estimate of drug-likeness (QED) is 0.0239. The van der Waals surface area contributed by atoms with Gasteiger partial charge in [0.1, 0.15) is 35.7 Å². The Balaban J connectivity index is 1.31. The summed E-state index contributed by atoms with van der Waals surface area (Å²) in [7, 11) is 0. The highest BCUT2D eigenvalue weighted by Gasteiger charge is 2.66. The number of non-ortho nitro benzene ring substituents is 2. The van der Waals surface area contributed by atoms with Gasteiger partial charge in [0.2, 0.25) is 5.79 Å². The second-order valence-electron chi connectivity index (χ2n) is 18.6. The van der Waals surface area contributed by atoms with Crippen LogP contribution in [0, 0.1) is 43.8 Å². The number of carbonyl (C=O) groups excluding carboxylic acids is 2. The van der Waals surface area contributed by atoms with E-state index >= 15 is 4.79 Å². The smallest absolute Gasteiger partial charge is 0.416 e. The maximum atomic E-state index is 15.1. The number of nitrogens with zero attached hydrogens (tertiary/aromatic N) is 4. The van der Waals surface area contributed by atoms with E-state index in [0.29, 0.717) is 72.2 Å². The fraction of sp³-hybridized carbons (Fsp3) is 0.339. The van der Waals surface area contributed by atoms with Gasteiger partial charge in [-0.05, 0) is 114 Å². The van der Waals surface area contributed by atoms with Gasteiger partial charge in [0.25, 0.3) is 11.4 Å². The molecule has 2 amide bonds. The van der Waals surface area contributed by atoms with E-state index in [9.17, 15) is 39.6 Å². The van der Waals surface area contributed by atoms with Crippen molar-refractivity contribution in [1.82, 2.24) is 10.2 Å². The number of nitro benzene ring substituents is 2. The number of ether oxygens (including phenoxy) is 4. The topological polar surface area (TPSA) is 235 Å². The second kappa shape index (κ2) is 24.8. The lowest BCUT2D eigenvalue weighted by atomic mass is 9.55. The van der Waals surface area contributed by atoms with Gasteiger partial charge in [-0.2, -0.15) is 0 Å². The summed E-state index contributed by atoms with van der Waals surface area (Å²) in [5.41, 5.74) is 3.39. The summed E-state index contributed by atoms with van der Waals surface area (Å²) in [4.78, 5) is 58.1. The van der Waals surface area contributed by atoms with Crippen LogP contribution in [-0.2, 0) is 29.3 Å². The Morgan fingerprint density at radius 3 is 2.15 bits per heavy atom. The average Bonchev–Trinajstić information content (AvgIpc) is 3.44. The molecule has 1 heterocycles. The van der Waals surface area contributed by atoms with Gasteiger partial charge in [-0.3, -0.25) is 25.1 Å². The first-order valence-corrected chi connectivity index (χ1v) is 24.8. The number of fused-ring (bicyclic) bond motifs is 2. The Hall–Kier alpha value is -8.00. The minimum atomic E-state index is -1.79. The molecule has 0 radical (unpaired) electrons. The largest absolute Gasteiger partial charge is 0.459 e. The molecular formula is C56H58FN5O13. The lowest BCUT2D eigenvalue weighted by Gasteiger charge is -2.59. The van der Waals surface area contributed by atoms with Crippen LogP contribution in [0.1, 0.15) is 73.1 Å². The van der Waals surface area contributed by atoms with E-state index in [4.69, 9.17) is 28.9 Å². The van der Waals surface area contributed by atoms with Gasteiger partial charge in [0.15, 0.2) is 0 Å². The molecule has 1 saturated carbocycles. The molecule has 0 unspecified atom stereocenters. The number of nitrogens with one attached hydrogen (secondary N) is 1. The monoisotopic (exact) mass is 1030 g/mol. The van der Waals surface area contributed by atoms with Crippen molar-refractivity contribution in [2.75, 3.05) is 19.8 Å². The number of nitro groups is 2. The minimum absolute atomic E-state index is 0.00654. The summed E-state index contributed by atoms with van der Waals surface area (Å²) in [6.45, 7) is 3.78. The Bertz CT molecular complexity index is 2870. The van der Waals surface area contributed by atoms with E-state index in [0.717, 1.165) is 5.56 Å². The number of amides is 2. The maximum Gasteiger partial charge on any atom is 0.416 e. The number of carbonyl (C=O) groups is 2. The van der Waals surface area contributed by atoms with E-state index in [2.05, 4.69) is 18.0 Å². The number of hydrogen-bond donors (Lipinski definition) is 3. The van der Waals surface area contributed by atoms with Crippen molar-refractivity contribution >= 4 is 29.3 Å². The maximum absolute atomic E-state index is 15.1. The van der Waals surface area contributed by atoms with E-state index in [-0.39, 0.29) is 80.6 Å². The van der Waals surface area contributed by atoms with Gasteiger partial charge in [-0.15, -0.1) is 6.58 Å². The number of hydrogen-bond acceptors (Lipinski definition) is 14. The number of rotatable bonds is 23. The van der Waals surface area contributed by atoms with Crippen molar-refractivity contribution in [1.29, 1.82) is 0 Å². The normalized spacial score (nSPS) is 20.8. The summed E-state index contributed by atoms with van der Waals surface area (Å²) >= 11 is 0. The van der Waals surface area contributed by atoms with Crippen molar-refractivity contribution in [2.45, 2.75) is 82.4 Å². The van der Waals surface area contributed by atoms with Crippen molar-refractivity contribution < 1.29 is 57.8 Å². The van der Waals surface area contributed by atoms with E-state index < -0.39 is 51.5 Å². The zero-order valence-electron chi connectivity index (χ0n) is 41.0. The van der Waals surface area contributed by atoms with Crippen molar-refractivity contribution in [3.8, 4) is 17.2 Å². The predicted octanol–water partition coefficient (Wildman–Crippen LogP) is 10.5. The third-order valence-corrected chi connectivity index (χ3v) is 13.8. The molecule has 5 aromatic carbocycles. The third kappa shape index (κ3) is 12.7. The zero-order valence-corrected chi connectivity index (χ0v) is 41.0. The molecule has 5 aromatic rings. The molecule has 0 spiro atoms. The Morgan fingerprint density at radius 2 is 1.48 bits per heavy atom. The molecule has 6 atom stereocenters. The van der Waals surface area contributed by atoms with Crippen LogP contribution in [0.3, 0.4) is 0 Å². The lowest BCUT2D eigenvalue weighted by molar-refractivity contribution is -0.385. The Kier molecular flexibility index (Phi) is 17.6. The average molecular weight is 1030 g/mol. The molecule has 392 valence electrons. The van der Waals surface area contributed by atoms with Gasteiger partial charge in [-0.1, -0.05) is 72.6 Å². The van der Waals surface area contributed by atoms with Crippen LogP contribution in [-0.4, -0.2) is 74.5 Å². The zero-order chi connectivity index (χ0) is 52.9. The molecule has 1 aliphatic heterocycles. The lowest BCUT2D eigenvalue weighted by Crippen LogP contribution is -2.70. The van der Waals surface area contributed by atoms with Gasteiger partial charge >= 0.3 is 12.2 Å². The highest BCUT2D eigenvalue weighted by molar-refractivity contribution is 6.03. The molecule has 3 aliphatic rings. The SMILES string of the molecule is C=CCO[C@@]12Oc3ccc(OC(=O)NCc4ccccc4)cc3[C@H]3[C@H](CCCCO)[C@@H](CCCCO)C=C(C(=NOCc4ccc([N+](=O)[O-])cc4)C[C@@H]1N(Cc1ccc(F)cc1)C(=O)Oc1ccc([N+](=O)[O-])cc1)[C@H]32. The fourth-order valence-corrected chi connectivity index (χ4v) is 10.4. The first-order valence-electron chi connectivity index (χ1n) is 24.8. The predicted molar refractivity (Wildman–Crippen MR) is 273 cm³/mol. The Morgan fingerprint density at radius 1 is 0.827 bits per heavy atom. The van der Waals surface area contributed by atoms with Crippen LogP contribution in [0.15, 0.2) is 151 Å². The van der Waals surface area contributed by atoms with Crippen LogP contribution in [0.2, 0.25) is 0 Å². The third-order valence-electron chi connectivity index (χ3n) is 13.8. The molecule has 1 fully saturated rings. The van der Waals surface area contributed by atoms with Gasteiger partial charge < -0.3 is 39.3 Å². The number of allylic oxidation sites excluding steroid dienone is 1. The number of halogens is 1. The van der Waals surface area contributed by atoms with Gasteiger partial charge in [0, 0.05) is 68.5 Å². The first kappa shape index (κ1) is 53.3. The molecule has 8 rings (SSSR count). The molecule has 3 N–H and O–H groups in total. The highest BCUT2D eigenvalue weighted by Crippen LogP contribution is 2.62. The molecular weight excluding hydrogens is 970 g/mol. The van der Waals surface area contributed by atoms with Crippen molar-refractivity contribution in [3.63, 3.8) is 0 Å².